The van der Waals surface area contributed by atoms with Gasteiger partial charge in [0.15, 0.2) is 18.2 Å². The molecule has 7 nitrogen and oxygen atoms in total. The second-order valence-corrected chi connectivity index (χ2v) is 7.86. The number of hydrogen-bond acceptors (Lipinski definition) is 4. The summed E-state index contributed by atoms with van der Waals surface area (Å²) in [7, 11) is 0. The average Bonchev–Trinajstić information content (AvgIpc) is 3.39. The standard InChI is InChI=1S/C22H18Cl2FN5O2/c1-14-10-16(23)3-5-20(14)32-13-30-8-6-19(27-30)22(31)26-21-7-9-29(28-21)12-15-2-4-17(25)11-18(15)24/h2-11H,12-13H2,1H3,(H,26,28,31). The highest BCUT2D eigenvalue weighted by molar-refractivity contribution is 6.31. The first-order chi connectivity index (χ1) is 15.4. The van der Waals surface area contributed by atoms with Crippen molar-refractivity contribution in [1.29, 1.82) is 0 Å². The van der Waals surface area contributed by atoms with Crippen LogP contribution in [0.4, 0.5) is 10.2 Å². The Balaban J connectivity index is 1.35. The number of nitrogens with zero attached hydrogens (tertiary/aromatic N) is 4. The molecule has 2 heterocycles. The molecule has 164 valence electrons. The van der Waals surface area contributed by atoms with Crippen molar-refractivity contribution in [3.8, 4) is 5.75 Å². The number of hydrogen-bond donors (Lipinski definition) is 1. The second kappa shape index (κ2) is 9.42. The Morgan fingerprint density at radius 3 is 2.66 bits per heavy atom. The van der Waals surface area contributed by atoms with E-state index in [4.69, 9.17) is 27.9 Å². The van der Waals surface area contributed by atoms with E-state index in [-0.39, 0.29) is 12.4 Å². The maximum Gasteiger partial charge on any atom is 0.277 e. The van der Waals surface area contributed by atoms with E-state index < -0.39 is 11.7 Å². The summed E-state index contributed by atoms with van der Waals surface area (Å²) < 4.78 is 22.0. The Bertz CT molecular complexity index is 1270. The van der Waals surface area contributed by atoms with Gasteiger partial charge in [0.2, 0.25) is 0 Å². The number of ether oxygens (including phenoxy) is 1. The van der Waals surface area contributed by atoms with Crippen LogP contribution in [0.5, 0.6) is 5.75 Å². The zero-order valence-corrected chi connectivity index (χ0v) is 18.4. The minimum absolute atomic E-state index is 0.142. The van der Waals surface area contributed by atoms with E-state index in [1.54, 1.807) is 47.4 Å². The van der Waals surface area contributed by atoms with E-state index in [9.17, 15) is 9.18 Å². The number of nitrogens with one attached hydrogen (secondary N) is 1. The maximum atomic E-state index is 13.2. The Morgan fingerprint density at radius 1 is 1.06 bits per heavy atom. The van der Waals surface area contributed by atoms with Crippen molar-refractivity contribution in [3.63, 3.8) is 0 Å². The normalized spacial score (nSPS) is 10.9. The molecule has 0 saturated heterocycles. The molecule has 2 aromatic heterocycles. The molecule has 10 heteroatoms. The first kappa shape index (κ1) is 21.9. The summed E-state index contributed by atoms with van der Waals surface area (Å²) in [5.41, 5.74) is 1.83. The van der Waals surface area contributed by atoms with Crippen LogP contribution in [0, 0.1) is 12.7 Å². The highest BCUT2D eigenvalue weighted by Crippen LogP contribution is 2.22. The summed E-state index contributed by atoms with van der Waals surface area (Å²) in [6.07, 6.45) is 3.34. The van der Waals surface area contributed by atoms with Gasteiger partial charge < -0.3 is 10.1 Å². The van der Waals surface area contributed by atoms with Crippen molar-refractivity contribution in [2.75, 3.05) is 5.32 Å². The zero-order chi connectivity index (χ0) is 22.7. The zero-order valence-electron chi connectivity index (χ0n) is 16.9. The minimum Gasteiger partial charge on any atom is -0.471 e. The maximum absolute atomic E-state index is 13.2. The number of rotatable bonds is 7. The lowest BCUT2D eigenvalue weighted by atomic mass is 10.2. The van der Waals surface area contributed by atoms with Gasteiger partial charge in [0, 0.05) is 28.5 Å². The molecule has 1 amide bonds. The second-order valence-electron chi connectivity index (χ2n) is 7.01. The quantitative estimate of drug-likeness (QED) is 0.401. The summed E-state index contributed by atoms with van der Waals surface area (Å²) in [4.78, 5) is 12.5. The monoisotopic (exact) mass is 473 g/mol. The van der Waals surface area contributed by atoms with Gasteiger partial charge in [-0.05, 0) is 54.4 Å². The van der Waals surface area contributed by atoms with Gasteiger partial charge in [0.25, 0.3) is 5.91 Å². The van der Waals surface area contributed by atoms with E-state index in [1.165, 1.54) is 16.8 Å². The third-order valence-electron chi connectivity index (χ3n) is 4.59. The number of carbonyl (C=O) groups is 1. The third-order valence-corrected chi connectivity index (χ3v) is 5.18. The molecule has 0 bridgehead atoms. The van der Waals surface area contributed by atoms with Gasteiger partial charge in [-0.25, -0.2) is 9.07 Å². The first-order valence-electron chi connectivity index (χ1n) is 9.58. The number of amides is 1. The van der Waals surface area contributed by atoms with Gasteiger partial charge in [-0.15, -0.1) is 0 Å². The van der Waals surface area contributed by atoms with E-state index in [2.05, 4.69) is 15.5 Å². The first-order valence-corrected chi connectivity index (χ1v) is 10.3. The number of anilines is 1. The van der Waals surface area contributed by atoms with Crippen LogP contribution >= 0.6 is 23.2 Å². The Hall–Kier alpha value is -3.36. The molecular formula is C22H18Cl2FN5O2. The van der Waals surface area contributed by atoms with Crippen molar-refractivity contribution in [1.82, 2.24) is 19.6 Å². The number of halogens is 3. The third kappa shape index (κ3) is 5.27. The van der Waals surface area contributed by atoms with Crippen molar-refractivity contribution in [3.05, 3.63) is 93.6 Å². The number of aromatic nitrogens is 4. The molecular weight excluding hydrogens is 456 g/mol. The van der Waals surface area contributed by atoms with Crippen LogP contribution in [-0.4, -0.2) is 25.5 Å². The highest BCUT2D eigenvalue weighted by atomic mass is 35.5. The molecule has 4 rings (SSSR count). The molecule has 0 unspecified atom stereocenters. The van der Waals surface area contributed by atoms with Gasteiger partial charge in [-0.3, -0.25) is 9.48 Å². The molecule has 2 aromatic carbocycles. The molecule has 32 heavy (non-hydrogen) atoms. The number of benzene rings is 2. The molecule has 0 fully saturated rings. The van der Waals surface area contributed by atoms with Crippen LogP contribution in [0.1, 0.15) is 21.6 Å². The average molecular weight is 474 g/mol. The van der Waals surface area contributed by atoms with E-state index in [1.807, 2.05) is 13.0 Å². The van der Waals surface area contributed by atoms with Gasteiger partial charge in [-0.1, -0.05) is 29.3 Å². The largest absolute Gasteiger partial charge is 0.471 e. The van der Waals surface area contributed by atoms with Gasteiger partial charge in [0.1, 0.15) is 11.6 Å². The molecule has 0 atom stereocenters. The lowest BCUT2D eigenvalue weighted by molar-refractivity contribution is 0.101. The summed E-state index contributed by atoms with van der Waals surface area (Å²) in [5.74, 6) is 0.232. The van der Waals surface area contributed by atoms with Crippen molar-refractivity contribution in [2.45, 2.75) is 20.2 Å². The fourth-order valence-electron chi connectivity index (χ4n) is 2.99. The molecule has 0 aliphatic heterocycles. The molecule has 0 radical (unpaired) electrons. The summed E-state index contributed by atoms with van der Waals surface area (Å²) in [6.45, 7) is 2.38. The molecule has 0 aliphatic rings. The fraction of sp³-hybridized carbons (Fsp3) is 0.136. The fourth-order valence-corrected chi connectivity index (χ4v) is 3.44. The predicted molar refractivity (Wildman–Crippen MR) is 120 cm³/mol. The smallest absolute Gasteiger partial charge is 0.277 e. The van der Waals surface area contributed by atoms with Crippen molar-refractivity contribution in [2.24, 2.45) is 0 Å². The molecule has 4 aromatic rings. The Labute approximate surface area is 193 Å². The van der Waals surface area contributed by atoms with Crippen LogP contribution in [0.15, 0.2) is 60.9 Å². The summed E-state index contributed by atoms with van der Waals surface area (Å²) >= 11 is 12.0. The molecule has 1 N–H and O–H groups in total. The van der Waals surface area contributed by atoms with Crippen LogP contribution < -0.4 is 10.1 Å². The van der Waals surface area contributed by atoms with Gasteiger partial charge >= 0.3 is 0 Å². The molecule has 0 aliphatic carbocycles. The lowest BCUT2D eigenvalue weighted by Crippen LogP contribution is -2.15. The Morgan fingerprint density at radius 2 is 1.88 bits per heavy atom. The van der Waals surface area contributed by atoms with E-state index in [0.717, 1.165) is 5.56 Å². The highest BCUT2D eigenvalue weighted by Gasteiger charge is 2.12. The van der Waals surface area contributed by atoms with Crippen molar-refractivity contribution < 1.29 is 13.9 Å². The van der Waals surface area contributed by atoms with E-state index in [0.29, 0.717) is 33.7 Å². The SMILES string of the molecule is Cc1cc(Cl)ccc1OCn1ccc(C(=O)Nc2ccn(Cc3ccc(F)cc3Cl)n2)n1. The number of carbonyl (C=O) groups excluding carboxylic acids is 1. The van der Waals surface area contributed by atoms with Crippen LogP contribution in [0.2, 0.25) is 10.0 Å². The summed E-state index contributed by atoms with van der Waals surface area (Å²) in [5, 5.41) is 12.2. The Kier molecular flexibility index (Phi) is 6.43. The van der Waals surface area contributed by atoms with Gasteiger partial charge in [0.05, 0.1) is 6.54 Å². The van der Waals surface area contributed by atoms with Crippen LogP contribution in [0.25, 0.3) is 0 Å². The van der Waals surface area contributed by atoms with Gasteiger partial charge in [-0.2, -0.15) is 10.2 Å². The minimum atomic E-state index is -0.406. The van der Waals surface area contributed by atoms with Crippen LogP contribution in [0.3, 0.4) is 0 Å². The predicted octanol–water partition coefficient (Wildman–Crippen LogP) is 5.17. The van der Waals surface area contributed by atoms with Crippen LogP contribution in [-0.2, 0) is 13.3 Å². The van der Waals surface area contributed by atoms with E-state index >= 15 is 0 Å². The summed E-state index contributed by atoms with van der Waals surface area (Å²) in [6, 6.07) is 12.7. The molecule has 0 spiro atoms. The molecule has 0 saturated carbocycles. The topological polar surface area (TPSA) is 74.0 Å². The number of aryl methyl sites for hydroxylation is 1. The lowest BCUT2D eigenvalue weighted by Gasteiger charge is -2.09. The van der Waals surface area contributed by atoms with Crippen molar-refractivity contribution >= 4 is 34.9 Å².